The number of nitrogens with zero attached hydrogens (tertiary/aromatic N) is 4. The zero-order chi connectivity index (χ0) is 22.3. The van der Waals surface area contributed by atoms with Gasteiger partial charge in [0.05, 0.1) is 6.61 Å². The van der Waals surface area contributed by atoms with Crippen LogP contribution in [0.4, 0.5) is 5.13 Å². The second-order valence-electron chi connectivity index (χ2n) is 7.63. The van der Waals surface area contributed by atoms with Gasteiger partial charge in [-0.3, -0.25) is 10.1 Å². The van der Waals surface area contributed by atoms with Crippen LogP contribution >= 0.6 is 11.3 Å². The first kappa shape index (κ1) is 21.8. The van der Waals surface area contributed by atoms with Crippen LogP contribution in [-0.4, -0.2) is 27.3 Å². The van der Waals surface area contributed by atoms with Crippen molar-refractivity contribution in [3.8, 4) is 17.5 Å². The minimum absolute atomic E-state index is 0.00491. The van der Waals surface area contributed by atoms with Gasteiger partial charge in [0.15, 0.2) is 0 Å². The Morgan fingerprint density at radius 3 is 2.75 bits per heavy atom. The van der Waals surface area contributed by atoms with Crippen LogP contribution in [0.15, 0.2) is 48.2 Å². The lowest BCUT2D eigenvalue weighted by atomic mass is 9.90. The van der Waals surface area contributed by atoms with Crippen LogP contribution in [-0.2, 0) is 4.79 Å². The van der Waals surface area contributed by atoms with E-state index in [1.165, 1.54) is 30.6 Å². The van der Waals surface area contributed by atoms with E-state index in [1.807, 2.05) is 60.2 Å². The molecule has 0 spiro atoms. The molecule has 0 saturated heterocycles. The van der Waals surface area contributed by atoms with Crippen molar-refractivity contribution in [2.45, 2.75) is 44.9 Å². The molecular formula is C24H25N5O2S. The average Bonchev–Trinajstić information content (AvgIpc) is 3.48. The Hall–Kier alpha value is -3.44. The molecular weight excluding hydrogens is 422 g/mol. The van der Waals surface area contributed by atoms with Crippen molar-refractivity contribution in [2.75, 3.05) is 11.9 Å². The maximum atomic E-state index is 12.7. The molecule has 1 aliphatic carbocycles. The topological polar surface area (TPSA) is 92.8 Å². The normalized spacial score (nSPS) is 14.7. The summed E-state index contributed by atoms with van der Waals surface area (Å²) in [6.45, 7) is 2.55. The lowest BCUT2D eigenvalue weighted by Gasteiger charge is -2.18. The largest absolute Gasteiger partial charge is 0.494 e. The molecule has 1 saturated carbocycles. The number of aromatic nitrogens is 3. The minimum atomic E-state index is -0.488. The van der Waals surface area contributed by atoms with Gasteiger partial charge in [-0.1, -0.05) is 30.6 Å². The summed E-state index contributed by atoms with van der Waals surface area (Å²) in [6, 6.07) is 13.4. The van der Waals surface area contributed by atoms with E-state index in [4.69, 9.17) is 4.74 Å². The van der Waals surface area contributed by atoms with Crippen LogP contribution in [0.1, 0.15) is 55.6 Å². The van der Waals surface area contributed by atoms with E-state index < -0.39 is 5.91 Å². The first-order chi connectivity index (χ1) is 15.7. The van der Waals surface area contributed by atoms with Crippen molar-refractivity contribution >= 4 is 28.5 Å². The third-order valence-electron chi connectivity index (χ3n) is 5.48. The summed E-state index contributed by atoms with van der Waals surface area (Å²) in [6.07, 6.45) is 9.39. The smallest absolute Gasteiger partial charge is 0.268 e. The average molecular weight is 448 g/mol. The summed E-state index contributed by atoms with van der Waals surface area (Å²) in [5.41, 5.74) is 1.63. The number of nitriles is 1. The maximum Gasteiger partial charge on any atom is 0.268 e. The summed E-state index contributed by atoms with van der Waals surface area (Å²) in [7, 11) is 0. The van der Waals surface area contributed by atoms with Gasteiger partial charge in [-0.25, -0.2) is 0 Å². The summed E-state index contributed by atoms with van der Waals surface area (Å²) < 4.78 is 7.40. The van der Waals surface area contributed by atoms with E-state index in [0.29, 0.717) is 17.7 Å². The molecule has 0 radical (unpaired) electrons. The monoisotopic (exact) mass is 447 g/mol. The van der Waals surface area contributed by atoms with Crippen molar-refractivity contribution in [2.24, 2.45) is 0 Å². The van der Waals surface area contributed by atoms with Crippen LogP contribution in [0.5, 0.6) is 5.75 Å². The molecule has 1 aliphatic rings. The van der Waals surface area contributed by atoms with E-state index >= 15 is 0 Å². The number of hydrogen-bond acceptors (Lipinski definition) is 6. The van der Waals surface area contributed by atoms with Crippen molar-refractivity contribution in [3.63, 3.8) is 0 Å². The number of carbonyl (C=O) groups excluding carboxylic acids is 1. The second-order valence-corrected chi connectivity index (χ2v) is 8.64. The van der Waals surface area contributed by atoms with E-state index in [2.05, 4.69) is 15.5 Å². The lowest BCUT2D eigenvalue weighted by Crippen LogP contribution is -2.13. The molecule has 0 atom stereocenters. The summed E-state index contributed by atoms with van der Waals surface area (Å²) in [5.74, 6) is 0.732. The lowest BCUT2D eigenvalue weighted by molar-refractivity contribution is -0.112. The molecule has 0 bridgehead atoms. The SMILES string of the molecule is CCOc1ccc(-n2cccc2C=C(C#N)C(=O)Nc2nnc(C3CCCCC3)s2)cc1. The van der Waals surface area contributed by atoms with Crippen LogP contribution < -0.4 is 10.1 Å². The molecule has 0 unspecified atom stereocenters. The summed E-state index contributed by atoms with van der Waals surface area (Å²) >= 11 is 1.40. The first-order valence-corrected chi connectivity index (χ1v) is 11.7. The number of hydrogen-bond donors (Lipinski definition) is 1. The highest BCUT2D eigenvalue weighted by molar-refractivity contribution is 7.15. The van der Waals surface area contributed by atoms with Crippen LogP contribution in [0.2, 0.25) is 0 Å². The fourth-order valence-electron chi connectivity index (χ4n) is 3.88. The Morgan fingerprint density at radius 1 is 1.25 bits per heavy atom. The molecule has 3 aromatic rings. The fourth-order valence-corrected chi connectivity index (χ4v) is 4.78. The van der Waals surface area contributed by atoms with Crippen molar-refractivity contribution in [1.29, 1.82) is 5.26 Å². The predicted molar refractivity (Wildman–Crippen MR) is 125 cm³/mol. The van der Waals surface area contributed by atoms with Gasteiger partial charge >= 0.3 is 0 Å². The summed E-state index contributed by atoms with van der Waals surface area (Å²) in [5, 5.41) is 22.1. The van der Waals surface area contributed by atoms with Gasteiger partial charge in [0, 0.05) is 23.5 Å². The number of ether oxygens (including phenoxy) is 1. The molecule has 1 N–H and O–H groups in total. The highest BCUT2D eigenvalue weighted by Gasteiger charge is 2.21. The van der Waals surface area contributed by atoms with Gasteiger partial charge in [0.2, 0.25) is 5.13 Å². The standard InChI is InChI=1S/C24H25N5O2S/c1-2-31-21-12-10-19(11-13-21)29-14-6-9-20(29)15-18(16-25)22(30)26-24-28-27-23(32-24)17-7-4-3-5-8-17/h6,9-15,17H,2-5,7-8H2,1H3,(H,26,28,30). The number of carbonyl (C=O) groups is 1. The van der Waals surface area contributed by atoms with Gasteiger partial charge in [-0.15, -0.1) is 10.2 Å². The second kappa shape index (κ2) is 10.2. The number of nitrogens with one attached hydrogen (secondary N) is 1. The molecule has 32 heavy (non-hydrogen) atoms. The van der Waals surface area contributed by atoms with Gasteiger partial charge in [0.25, 0.3) is 5.91 Å². The first-order valence-electron chi connectivity index (χ1n) is 10.8. The summed E-state index contributed by atoms with van der Waals surface area (Å²) in [4.78, 5) is 12.7. The molecule has 8 heteroatoms. The highest BCUT2D eigenvalue weighted by atomic mass is 32.1. The third-order valence-corrected chi connectivity index (χ3v) is 6.48. The number of rotatable bonds is 7. The fraction of sp³-hybridized carbons (Fsp3) is 0.333. The van der Waals surface area contributed by atoms with E-state index in [9.17, 15) is 10.1 Å². The maximum absolute atomic E-state index is 12.7. The van der Waals surface area contributed by atoms with Crippen molar-refractivity contribution < 1.29 is 9.53 Å². The molecule has 0 aliphatic heterocycles. The predicted octanol–water partition coefficient (Wildman–Crippen LogP) is 5.32. The van der Waals surface area contributed by atoms with Gasteiger partial charge < -0.3 is 9.30 Å². The molecule has 2 heterocycles. The minimum Gasteiger partial charge on any atom is -0.494 e. The Labute approximate surface area is 191 Å². The number of amides is 1. The van der Waals surface area contributed by atoms with Crippen LogP contribution in [0.25, 0.3) is 11.8 Å². The molecule has 1 amide bonds. The zero-order valence-electron chi connectivity index (χ0n) is 18.0. The van der Waals surface area contributed by atoms with Crippen LogP contribution in [0, 0.1) is 11.3 Å². The van der Waals surface area contributed by atoms with Gasteiger partial charge in [-0.2, -0.15) is 5.26 Å². The number of anilines is 1. The molecule has 4 rings (SSSR count). The molecule has 1 fully saturated rings. The Morgan fingerprint density at radius 2 is 2.03 bits per heavy atom. The van der Waals surface area contributed by atoms with E-state index in [-0.39, 0.29) is 5.57 Å². The Balaban J connectivity index is 1.49. The molecule has 2 aromatic heterocycles. The Kier molecular flexibility index (Phi) is 6.97. The van der Waals surface area contributed by atoms with E-state index in [0.717, 1.165) is 35.0 Å². The van der Waals surface area contributed by atoms with Crippen molar-refractivity contribution in [3.05, 3.63) is 58.9 Å². The molecule has 7 nitrogen and oxygen atoms in total. The molecule has 1 aromatic carbocycles. The third kappa shape index (κ3) is 5.06. The highest BCUT2D eigenvalue weighted by Crippen LogP contribution is 2.35. The van der Waals surface area contributed by atoms with Gasteiger partial charge in [0.1, 0.15) is 22.4 Å². The van der Waals surface area contributed by atoms with Crippen molar-refractivity contribution in [1.82, 2.24) is 14.8 Å². The van der Waals surface area contributed by atoms with Gasteiger partial charge in [-0.05, 0) is 62.2 Å². The molecule has 164 valence electrons. The van der Waals surface area contributed by atoms with E-state index in [1.54, 1.807) is 6.08 Å². The number of benzene rings is 1. The zero-order valence-corrected chi connectivity index (χ0v) is 18.8. The quantitative estimate of drug-likeness (QED) is 0.391. The Bertz CT molecular complexity index is 1130. The van der Waals surface area contributed by atoms with Crippen LogP contribution in [0.3, 0.4) is 0 Å².